The molecule has 2 rings (SSSR count). The van der Waals surface area contributed by atoms with E-state index >= 15 is 0 Å². The lowest BCUT2D eigenvalue weighted by Crippen LogP contribution is -2.15. The van der Waals surface area contributed by atoms with Gasteiger partial charge in [-0.05, 0) is 25.1 Å². The summed E-state index contributed by atoms with van der Waals surface area (Å²) in [6.07, 6.45) is 2.37. The van der Waals surface area contributed by atoms with Crippen molar-refractivity contribution in [2.24, 2.45) is 0 Å². The molecule has 0 saturated carbocycles. The van der Waals surface area contributed by atoms with E-state index in [1.54, 1.807) is 25.1 Å². The van der Waals surface area contributed by atoms with Crippen molar-refractivity contribution in [1.82, 2.24) is 4.98 Å². The van der Waals surface area contributed by atoms with Crippen LogP contribution in [0.5, 0.6) is 0 Å². The second-order valence-corrected chi connectivity index (χ2v) is 4.44. The Bertz CT molecular complexity index is 702. The Morgan fingerprint density at radius 2 is 2.20 bits per heavy atom. The lowest BCUT2D eigenvalue weighted by atomic mass is 10.1. The topological polar surface area (TPSA) is 79.4 Å². The molecule has 0 fully saturated rings. The maximum Gasteiger partial charge on any atom is 0.379 e. The first kappa shape index (κ1) is 14.1. The zero-order valence-electron chi connectivity index (χ0n) is 10.6. The summed E-state index contributed by atoms with van der Waals surface area (Å²) in [7, 11) is 0. The lowest BCUT2D eigenvalue weighted by molar-refractivity contribution is -0.151. The van der Waals surface area contributed by atoms with E-state index in [2.05, 4.69) is 9.72 Å². The van der Waals surface area contributed by atoms with Gasteiger partial charge in [-0.25, -0.2) is 4.79 Å². The highest BCUT2D eigenvalue weighted by atomic mass is 35.5. The Balaban J connectivity index is 2.36. The zero-order valence-corrected chi connectivity index (χ0v) is 11.4. The molecule has 0 saturated heterocycles. The molecule has 2 N–H and O–H groups in total. The van der Waals surface area contributed by atoms with Gasteiger partial charge in [-0.1, -0.05) is 11.6 Å². The molecule has 2 aromatic rings. The molecule has 6 heteroatoms. The minimum Gasteiger partial charge on any atom is -0.507 e. The van der Waals surface area contributed by atoms with Gasteiger partial charge in [-0.3, -0.25) is 4.79 Å². The van der Waals surface area contributed by atoms with Crippen molar-refractivity contribution in [3.63, 3.8) is 0 Å². The summed E-state index contributed by atoms with van der Waals surface area (Å²) in [4.78, 5) is 25.6. The van der Waals surface area contributed by atoms with E-state index in [-0.39, 0.29) is 12.4 Å². The Labute approximate surface area is 119 Å². The molecule has 5 nitrogen and oxygen atoms in total. The number of hydrogen-bond acceptors (Lipinski definition) is 4. The highest BCUT2D eigenvalue weighted by Crippen LogP contribution is 2.26. The summed E-state index contributed by atoms with van der Waals surface area (Å²) in [5, 5.41) is 11.1. The fraction of sp³-hybridized carbons (Fsp3) is 0.143. The van der Waals surface area contributed by atoms with Crippen molar-refractivity contribution < 1.29 is 19.4 Å². The number of carbonyl (C=O) groups excluding carboxylic acids is 2. The van der Waals surface area contributed by atoms with Crippen molar-refractivity contribution in [3.8, 4) is 0 Å². The van der Waals surface area contributed by atoms with Crippen LogP contribution in [0.1, 0.15) is 12.5 Å². The van der Waals surface area contributed by atoms with Gasteiger partial charge in [0, 0.05) is 33.8 Å². The lowest BCUT2D eigenvalue weighted by Gasteiger charge is -2.00. The number of carbonyl (C=O) groups is 2. The van der Waals surface area contributed by atoms with Crippen LogP contribution in [-0.4, -0.2) is 28.4 Å². The van der Waals surface area contributed by atoms with Gasteiger partial charge in [-0.2, -0.15) is 0 Å². The van der Waals surface area contributed by atoms with Crippen molar-refractivity contribution in [1.29, 1.82) is 0 Å². The van der Waals surface area contributed by atoms with Crippen LogP contribution >= 0.6 is 11.6 Å². The summed E-state index contributed by atoms with van der Waals surface area (Å²) in [5.74, 6) is -2.24. The molecule has 20 heavy (non-hydrogen) atoms. The third-order valence-corrected chi connectivity index (χ3v) is 2.90. The number of ketones is 1. The van der Waals surface area contributed by atoms with Gasteiger partial charge in [0.05, 0.1) is 6.61 Å². The minimum atomic E-state index is -1.00. The number of rotatable bonds is 4. The van der Waals surface area contributed by atoms with E-state index in [0.29, 0.717) is 16.0 Å². The normalized spacial score (nSPS) is 11.6. The Morgan fingerprint density at radius 1 is 1.45 bits per heavy atom. The second kappa shape index (κ2) is 5.79. The highest BCUT2D eigenvalue weighted by molar-refractivity contribution is 6.39. The number of nitrogens with one attached hydrogen (secondary N) is 1. The molecule has 0 aliphatic rings. The van der Waals surface area contributed by atoms with Gasteiger partial charge < -0.3 is 14.8 Å². The predicted molar refractivity (Wildman–Crippen MR) is 75.6 cm³/mol. The molecule has 0 radical (unpaired) electrons. The van der Waals surface area contributed by atoms with Gasteiger partial charge in [-0.15, -0.1) is 0 Å². The van der Waals surface area contributed by atoms with E-state index in [1.165, 1.54) is 6.20 Å². The molecule has 0 spiro atoms. The molecular weight excluding hydrogens is 282 g/mol. The number of aromatic nitrogens is 1. The number of ether oxygens (including phenoxy) is 1. The number of halogens is 1. The first-order valence-electron chi connectivity index (χ1n) is 5.91. The number of fused-ring (bicyclic) bond motifs is 1. The molecule has 0 unspecified atom stereocenters. The van der Waals surface area contributed by atoms with Crippen LogP contribution in [0.2, 0.25) is 5.02 Å². The Hall–Kier alpha value is -2.27. The number of esters is 1. The van der Waals surface area contributed by atoms with Crippen LogP contribution in [0.15, 0.2) is 30.5 Å². The SMILES string of the molecule is CCOC(=O)C(=O)C=C(O)c1c[nH]c2ccc(Cl)cc12. The van der Waals surface area contributed by atoms with Gasteiger partial charge in [0.2, 0.25) is 0 Å². The molecular formula is C14H12ClNO4. The van der Waals surface area contributed by atoms with Gasteiger partial charge in [0.15, 0.2) is 0 Å². The van der Waals surface area contributed by atoms with E-state index in [0.717, 1.165) is 11.6 Å². The van der Waals surface area contributed by atoms with E-state index in [4.69, 9.17) is 11.6 Å². The molecule has 0 atom stereocenters. The minimum absolute atomic E-state index is 0.0991. The standard InChI is InChI=1S/C14H12ClNO4/c1-2-20-14(19)13(18)6-12(17)10-7-16-11-4-3-8(15)5-9(10)11/h3-7,16-17H,2H2,1H3. The van der Waals surface area contributed by atoms with Crippen LogP contribution in [0.25, 0.3) is 16.7 Å². The van der Waals surface area contributed by atoms with Crippen LogP contribution in [0.4, 0.5) is 0 Å². The third-order valence-electron chi connectivity index (χ3n) is 2.66. The van der Waals surface area contributed by atoms with Gasteiger partial charge in [0.25, 0.3) is 5.78 Å². The van der Waals surface area contributed by atoms with Crippen LogP contribution < -0.4 is 0 Å². The van der Waals surface area contributed by atoms with E-state index in [9.17, 15) is 14.7 Å². The van der Waals surface area contributed by atoms with Crippen LogP contribution in [-0.2, 0) is 14.3 Å². The molecule has 0 aliphatic carbocycles. The van der Waals surface area contributed by atoms with Crippen molar-refractivity contribution in [3.05, 3.63) is 41.1 Å². The van der Waals surface area contributed by atoms with Crippen LogP contribution in [0.3, 0.4) is 0 Å². The molecule has 0 amide bonds. The predicted octanol–water partition coefficient (Wildman–Crippen LogP) is 2.85. The highest BCUT2D eigenvalue weighted by Gasteiger charge is 2.15. The molecule has 0 aliphatic heterocycles. The van der Waals surface area contributed by atoms with Crippen molar-refractivity contribution in [2.75, 3.05) is 6.61 Å². The third kappa shape index (κ3) is 2.83. The maximum atomic E-state index is 11.5. The molecule has 1 heterocycles. The largest absolute Gasteiger partial charge is 0.507 e. The van der Waals surface area contributed by atoms with Crippen LogP contribution in [0, 0.1) is 0 Å². The molecule has 1 aromatic carbocycles. The second-order valence-electron chi connectivity index (χ2n) is 4.01. The molecule has 104 valence electrons. The maximum absolute atomic E-state index is 11.5. The summed E-state index contributed by atoms with van der Waals surface area (Å²) in [6, 6.07) is 5.11. The zero-order chi connectivity index (χ0) is 14.7. The number of aliphatic hydroxyl groups is 1. The van der Waals surface area contributed by atoms with E-state index in [1.807, 2.05) is 0 Å². The summed E-state index contributed by atoms with van der Waals surface area (Å²) < 4.78 is 4.56. The smallest absolute Gasteiger partial charge is 0.379 e. The first-order chi connectivity index (χ1) is 9.52. The molecule has 1 aromatic heterocycles. The molecule has 0 bridgehead atoms. The van der Waals surface area contributed by atoms with Gasteiger partial charge >= 0.3 is 5.97 Å². The number of H-pyrrole nitrogens is 1. The van der Waals surface area contributed by atoms with Crippen molar-refractivity contribution in [2.45, 2.75) is 6.92 Å². The summed E-state index contributed by atoms with van der Waals surface area (Å²) >= 11 is 5.89. The summed E-state index contributed by atoms with van der Waals surface area (Å²) in [5.41, 5.74) is 1.15. The Morgan fingerprint density at radius 3 is 2.90 bits per heavy atom. The van der Waals surface area contributed by atoms with Crippen molar-refractivity contribution >= 4 is 40.0 Å². The van der Waals surface area contributed by atoms with E-state index < -0.39 is 11.8 Å². The number of hydrogen-bond donors (Lipinski definition) is 2. The monoisotopic (exact) mass is 293 g/mol. The summed E-state index contributed by atoms with van der Waals surface area (Å²) in [6.45, 7) is 1.69. The first-order valence-corrected chi connectivity index (χ1v) is 6.29. The number of aliphatic hydroxyl groups excluding tert-OH is 1. The fourth-order valence-electron chi connectivity index (χ4n) is 1.77. The van der Waals surface area contributed by atoms with Gasteiger partial charge in [0.1, 0.15) is 5.76 Å². The number of benzene rings is 1. The quantitative estimate of drug-likeness (QED) is 0.393. The Kier molecular flexibility index (Phi) is 4.10. The fourth-order valence-corrected chi connectivity index (χ4v) is 1.94. The average Bonchev–Trinajstić information content (AvgIpc) is 2.81. The average molecular weight is 294 g/mol. The number of aromatic amines is 1.